The molecule has 0 saturated heterocycles. The van der Waals surface area contributed by atoms with E-state index in [1.165, 1.54) is 6.20 Å². The third kappa shape index (κ3) is 5.38. The van der Waals surface area contributed by atoms with Gasteiger partial charge in [0, 0.05) is 35.9 Å². The quantitative estimate of drug-likeness (QED) is 0.287. The number of hydrogen-bond acceptors (Lipinski definition) is 11. The van der Waals surface area contributed by atoms with E-state index in [1.54, 1.807) is 54.9 Å². The highest BCUT2D eigenvalue weighted by atomic mass is 32.2. The van der Waals surface area contributed by atoms with Gasteiger partial charge in [0.05, 0.1) is 11.3 Å². The van der Waals surface area contributed by atoms with E-state index in [0.29, 0.717) is 33.6 Å². The van der Waals surface area contributed by atoms with Gasteiger partial charge in [0.1, 0.15) is 5.03 Å². The van der Waals surface area contributed by atoms with Gasteiger partial charge in [-0.1, -0.05) is 16.9 Å². The predicted molar refractivity (Wildman–Crippen MR) is 123 cm³/mol. The third-order valence-corrected chi connectivity index (χ3v) is 5.71. The predicted octanol–water partition coefficient (Wildman–Crippen LogP) is 3.34. The summed E-state index contributed by atoms with van der Waals surface area (Å²) in [4.78, 5) is 37.5. The van der Waals surface area contributed by atoms with Crippen LogP contribution in [0, 0.1) is 0 Å². The zero-order valence-corrected chi connectivity index (χ0v) is 18.9. The molecule has 5 rings (SSSR count). The van der Waals surface area contributed by atoms with E-state index in [2.05, 4.69) is 25.4 Å². The van der Waals surface area contributed by atoms with Gasteiger partial charge in [0.2, 0.25) is 18.5 Å². The highest BCUT2D eigenvalue weighted by molar-refractivity contribution is 8.00. The van der Waals surface area contributed by atoms with Crippen molar-refractivity contribution in [3.05, 3.63) is 72.5 Å². The molecule has 1 aromatic carbocycles. The van der Waals surface area contributed by atoms with Crippen molar-refractivity contribution in [3.8, 4) is 22.9 Å². The molecule has 1 aliphatic rings. The van der Waals surface area contributed by atoms with E-state index in [4.69, 9.17) is 18.7 Å². The van der Waals surface area contributed by atoms with Gasteiger partial charge in [0.15, 0.2) is 18.1 Å². The summed E-state index contributed by atoms with van der Waals surface area (Å²) in [6.45, 7) is -0.0605. The third-order valence-electron chi connectivity index (χ3n) is 4.70. The Balaban J connectivity index is 1.17. The second kappa shape index (κ2) is 10.2. The molecular weight excluding hydrogens is 474 g/mol. The summed E-state index contributed by atoms with van der Waals surface area (Å²) in [6, 6.07) is 11.9. The summed E-state index contributed by atoms with van der Waals surface area (Å²) in [5.74, 6) is 0.810. The van der Waals surface area contributed by atoms with Crippen molar-refractivity contribution in [1.82, 2.24) is 20.1 Å². The minimum Gasteiger partial charge on any atom is -0.454 e. The van der Waals surface area contributed by atoms with Crippen molar-refractivity contribution in [2.24, 2.45) is 0 Å². The van der Waals surface area contributed by atoms with E-state index in [1.807, 2.05) is 0 Å². The number of fused-ring (bicyclic) bond motifs is 1. The van der Waals surface area contributed by atoms with Gasteiger partial charge in [-0.25, -0.2) is 9.78 Å². The van der Waals surface area contributed by atoms with Gasteiger partial charge >= 0.3 is 5.97 Å². The lowest BCUT2D eigenvalue weighted by molar-refractivity contribution is -0.113. The molecule has 0 unspecified atom stereocenters. The van der Waals surface area contributed by atoms with Crippen LogP contribution in [0.3, 0.4) is 0 Å². The maximum atomic E-state index is 12.7. The van der Waals surface area contributed by atoms with Gasteiger partial charge in [-0.3, -0.25) is 9.78 Å². The van der Waals surface area contributed by atoms with E-state index in [-0.39, 0.29) is 36.5 Å². The number of nitrogens with one attached hydrogen (secondary N) is 1. The largest absolute Gasteiger partial charge is 0.454 e. The second-order valence-electron chi connectivity index (χ2n) is 7.09. The number of esters is 1. The Morgan fingerprint density at radius 3 is 2.86 bits per heavy atom. The van der Waals surface area contributed by atoms with Crippen molar-refractivity contribution in [2.75, 3.05) is 17.9 Å². The smallest absolute Gasteiger partial charge is 0.341 e. The van der Waals surface area contributed by atoms with Crippen molar-refractivity contribution in [1.29, 1.82) is 0 Å². The number of nitrogens with zero attached hydrogens (tertiary/aromatic N) is 4. The van der Waals surface area contributed by atoms with Crippen LogP contribution in [0.25, 0.3) is 11.4 Å². The number of anilines is 1. The van der Waals surface area contributed by atoms with Gasteiger partial charge in [0.25, 0.3) is 5.89 Å². The van der Waals surface area contributed by atoms with Gasteiger partial charge in [-0.2, -0.15) is 4.98 Å². The topological polar surface area (TPSA) is 139 Å². The molecule has 176 valence electrons. The molecule has 11 nitrogen and oxygen atoms in total. The van der Waals surface area contributed by atoms with E-state index < -0.39 is 5.97 Å². The Bertz CT molecular complexity index is 1360. The van der Waals surface area contributed by atoms with E-state index >= 15 is 0 Å². The first-order valence-corrected chi connectivity index (χ1v) is 11.3. The molecule has 35 heavy (non-hydrogen) atoms. The summed E-state index contributed by atoms with van der Waals surface area (Å²) >= 11 is 1.11. The Labute approximate surface area is 202 Å². The molecule has 3 aromatic heterocycles. The zero-order valence-electron chi connectivity index (χ0n) is 18.0. The fourth-order valence-electron chi connectivity index (χ4n) is 3.10. The molecule has 0 aliphatic carbocycles. The van der Waals surface area contributed by atoms with Gasteiger partial charge in [-0.05, 0) is 36.4 Å². The maximum absolute atomic E-state index is 12.7. The molecule has 0 saturated carbocycles. The molecule has 1 aliphatic heterocycles. The first kappa shape index (κ1) is 22.3. The van der Waals surface area contributed by atoms with E-state index in [9.17, 15) is 9.59 Å². The van der Waals surface area contributed by atoms with Crippen LogP contribution in [0.15, 0.2) is 70.6 Å². The monoisotopic (exact) mass is 491 g/mol. The molecule has 0 atom stereocenters. The highest BCUT2D eigenvalue weighted by Crippen LogP contribution is 2.34. The van der Waals surface area contributed by atoms with Crippen LogP contribution in [-0.4, -0.2) is 44.5 Å². The summed E-state index contributed by atoms with van der Waals surface area (Å²) < 4.78 is 21.0. The molecule has 0 fully saturated rings. The fraction of sp³-hybridized carbons (Fsp3) is 0.130. The fourth-order valence-corrected chi connectivity index (χ4v) is 3.88. The molecular formula is C23H17N5O6S. The molecule has 0 spiro atoms. The first-order chi connectivity index (χ1) is 17.2. The molecule has 4 aromatic rings. The molecule has 1 N–H and O–H groups in total. The van der Waals surface area contributed by atoms with Crippen molar-refractivity contribution >= 4 is 29.3 Å². The highest BCUT2D eigenvalue weighted by Gasteiger charge is 2.18. The Hall–Kier alpha value is -4.45. The van der Waals surface area contributed by atoms with Crippen LogP contribution < -0.4 is 14.8 Å². The number of aromatic nitrogens is 4. The second-order valence-corrected chi connectivity index (χ2v) is 8.05. The molecule has 12 heteroatoms. The van der Waals surface area contributed by atoms with Gasteiger partial charge < -0.3 is 24.1 Å². The van der Waals surface area contributed by atoms with Crippen LogP contribution in [0.5, 0.6) is 11.5 Å². The summed E-state index contributed by atoms with van der Waals surface area (Å²) in [5.41, 5.74) is 1.48. The Kier molecular flexibility index (Phi) is 6.52. The van der Waals surface area contributed by atoms with Crippen LogP contribution in [0.2, 0.25) is 0 Å². The Morgan fingerprint density at radius 1 is 1.09 bits per heavy atom. The number of pyridine rings is 2. The molecule has 1 amide bonds. The summed E-state index contributed by atoms with van der Waals surface area (Å²) in [5, 5.41) is 7.01. The van der Waals surface area contributed by atoms with Crippen molar-refractivity contribution < 1.29 is 28.3 Å². The number of carbonyl (C=O) groups is 2. The standard InChI is InChI=1S/C23H17N5O6S/c29-19(26-15-5-6-17-18(9-15)33-13-32-17)12-35-22-16(4-2-8-25-22)23(30)31-11-20-27-21(28-34-20)14-3-1-7-24-10-14/h1-10H,11-13H2,(H,26,29). The normalized spacial score (nSPS) is 11.8. The number of carbonyl (C=O) groups excluding carboxylic acids is 2. The first-order valence-electron chi connectivity index (χ1n) is 10.3. The van der Waals surface area contributed by atoms with Crippen LogP contribution in [0.1, 0.15) is 16.2 Å². The average Bonchev–Trinajstić information content (AvgIpc) is 3.56. The Morgan fingerprint density at radius 2 is 1.97 bits per heavy atom. The number of amides is 1. The molecule has 0 bridgehead atoms. The van der Waals surface area contributed by atoms with E-state index in [0.717, 1.165) is 11.8 Å². The number of ether oxygens (including phenoxy) is 3. The van der Waals surface area contributed by atoms with Crippen LogP contribution >= 0.6 is 11.8 Å². The molecule has 4 heterocycles. The SMILES string of the molecule is O=C(CSc1ncccc1C(=O)OCc1nc(-c2cccnc2)no1)Nc1ccc2c(c1)OCO2. The van der Waals surface area contributed by atoms with Gasteiger partial charge in [-0.15, -0.1) is 0 Å². The number of hydrogen-bond donors (Lipinski definition) is 1. The van der Waals surface area contributed by atoms with Crippen molar-refractivity contribution in [2.45, 2.75) is 11.6 Å². The minimum atomic E-state index is -0.627. The summed E-state index contributed by atoms with van der Waals surface area (Å²) in [6.07, 6.45) is 4.77. The molecule has 0 radical (unpaired) electrons. The van der Waals surface area contributed by atoms with Crippen LogP contribution in [0.4, 0.5) is 5.69 Å². The lowest BCUT2D eigenvalue weighted by atomic mass is 10.3. The number of rotatable bonds is 8. The van der Waals surface area contributed by atoms with Crippen LogP contribution in [-0.2, 0) is 16.1 Å². The lowest BCUT2D eigenvalue weighted by Gasteiger charge is -2.08. The van der Waals surface area contributed by atoms with Crippen molar-refractivity contribution in [3.63, 3.8) is 0 Å². The maximum Gasteiger partial charge on any atom is 0.341 e. The minimum absolute atomic E-state index is 0.0316. The number of thioether (sulfide) groups is 1. The number of benzene rings is 1. The average molecular weight is 491 g/mol. The lowest BCUT2D eigenvalue weighted by Crippen LogP contribution is -2.15. The summed E-state index contributed by atoms with van der Waals surface area (Å²) in [7, 11) is 0. The zero-order chi connectivity index (χ0) is 24.0.